The number of carbonyl (C=O) groups is 2. The monoisotopic (exact) mass is 298 g/mol. The predicted octanol–water partition coefficient (Wildman–Crippen LogP) is 2.67. The van der Waals surface area contributed by atoms with E-state index in [4.69, 9.17) is 23.2 Å². The second-order valence-corrected chi connectivity index (χ2v) is 5.80. The molecule has 1 saturated carbocycles. The largest absolute Gasteiger partial charge is 0.277 e. The third kappa shape index (κ3) is 2.13. The first-order valence-electron chi connectivity index (χ1n) is 6.23. The molecule has 2 atom stereocenters. The summed E-state index contributed by atoms with van der Waals surface area (Å²) >= 11 is 11.8. The highest BCUT2D eigenvalue weighted by Gasteiger charge is 2.49. The Bertz CT molecular complexity index is 540. The van der Waals surface area contributed by atoms with Crippen molar-refractivity contribution in [2.75, 3.05) is 0 Å². The van der Waals surface area contributed by atoms with Gasteiger partial charge in [0.15, 0.2) is 0 Å². The smallest absolute Gasteiger partial charge is 0.233 e. The molecule has 6 heteroatoms. The molecule has 0 bridgehead atoms. The maximum absolute atomic E-state index is 12.2. The maximum Gasteiger partial charge on any atom is 0.233 e. The summed E-state index contributed by atoms with van der Waals surface area (Å²) < 4.78 is 0. The van der Waals surface area contributed by atoms with Crippen LogP contribution in [0, 0.1) is 11.8 Å². The molecule has 0 aromatic carbocycles. The van der Waals surface area contributed by atoms with Crippen LogP contribution < -0.4 is 0 Å². The average Bonchev–Trinajstić information content (AvgIpc) is 2.92. The number of hydrogen-bond acceptors (Lipinski definition) is 3. The minimum Gasteiger partial charge on any atom is -0.277 e. The first-order valence-corrected chi connectivity index (χ1v) is 6.98. The molecule has 1 aromatic rings. The molecular weight excluding hydrogens is 287 g/mol. The Balaban J connectivity index is 1.84. The van der Waals surface area contributed by atoms with Gasteiger partial charge in [0.2, 0.25) is 11.8 Å². The van der Waals surface area contributed by atoms with Crippen LogP contribution >= 0.6 is 23.2 Å². The van der Waals surface area contributed by atoms with Gasteiger partial charge in [-0.05, 0) is 18.9 Å². The molecule has 0 spiro atoms. The molecule has 19 heavy (non-hydrogen) atoms. The molecule has 2 amide bonds. The number of fused-ring (bicyclic) bond motifs is 1. The number of rotatable bonds is 2. The van der Waals surface area contributed by atoms with Gasteiger partial charge in [0.05, 0.1) is 23.4 Å². The van der Waals surface area contributed by atoms with Crippen LogP contribution in [0.5, 0.6) is 0 Å². The van der Waals surface area contributed by atoms with Gasteiger partial charge in [-0.3, -0.25) is 14.5 Å². The second kappa shape index (κ2) is 4.76. The first-order chi connectivity index (χ1) is 9.08. The Morgan fingerprint density at radius 2 is 1.84 bits per heavy atom. The number of halogens is 2. The van der Waals surface area contributed by atoms with Crippen LogP contribution in [0.3, 0.4) is 0 Å². The second-order valence-electron chi connectivity index (χ2n) is 5.00. The van der Waals surface area contributed by atoms with E-state index in [0.29, 0.717) is 15.7 Å². The van der Waals surface area contributed by atoms with Crippen LogP contribution in [0.2, 0.25) is 10.2 Å². The van der Waals surface area contributed by atoms with Crippen molar-refractivity contribution in [3.63, 3.8) is 0 Å². The van der Waals surface area contributed by atoms with Crippen molar-refractivity contribution in [2.45, 2.75) is 25.8 Å². The van der Waals surface area contributed by atoms with E-state index < -0.39 is 0 Å². The quantitative estimate of drug-likeness (QED) is 0.623. The van der Waals surface area contributed by atoms with Crippen LogP contribution in [-0.4, -0.2) is 21.7 Å². The van der Waals surface area contributed by atoms with Gasteiger partial charge >= 0.3 is 0 Å². The maximum atomic E-state index is 12.2. The molecule has 1 aliphatic carbocycles. The topological polar surface area (TPSA) is 50.3 Å². The van der Waals surface area contributed by atoms with Gasteiger partial charge in [-0.2, -0.15) is 0 Å². The summed E-state index contributed by atoms with van der Waals surface area (Å²) in [6.45, 7) is 0.188. The van der Waals surface area contributed by atoms with Crippen molar-refractivity contribution in [3.05, 3.63) is 28.0 Å². The van der Waals surface area contributed by atoms with Crippen LogP contribution in [0.25, 0.3) is 0 Å². The van der Waals surface area contributed by atoms with E-state index in [0.717, 1.165) is 19.3 Å². The molecule has 1 aromatic heterocycles. The van der Waals surface area contributed by atoms with Crippen molar-refractivity contribution in [1.29, 1.82) is 0 Å². The lowest BCUT2D eigenvalue weighted by Gasteiger charge is -2.16. The molecular formula is C13H12Cl2N2O2. The average molecular weight is 299 g/mol. The van der Waals surface area contributed by atoms with Gasteiger partial charge in [0, 0.05) is 11.8 Å². The van der Waals surface area contributed by atoms with Gasteiger partial charge in [-0.15, -0.1) is 0 Å². The molecule has 0 radical (unpaired) electrons. The number of nitrogens with zero attached hydrogens (tertiary/aromatic N) is 2. The van der Waals surface area contributed by atoms with Gasteiger partial charge in [-0.25, -0.2) is 4.98 Å². The zero-order valence-corrected chi connectivity index (χ0v) is 11.6. The van der Waals surface area contributed by atoms with Crippen LogP contribution in [0.4, 0.5) is 0 Å². The summed E-state index contributed by atoms with van der Waals surface area (Å²) in [5.74, 6) is -0.380. The lowest BCUT2D eigenvalue weighted by atomic mass is 10.00. The number of likely N-dealkylation sites (tertiary alicyclic amines) is 1. The van der Waals surface area contributed by atoms with Crippen molar-refractivity contribution in [3.8, 4) is 0 Å². The number of imide groups is 1. The lowest BCUT2D eigenvalue weighted by Crippen LogP contribution is -2.31. The SMILES string of the molecule is O=C1C2CCCC2C(=O)N1Cc1cnc(Cl)cc1Cl. The number of carbonyl (C=O) groups excluding carboxylic acids is 2. The Morgan fingerprint density at radius 1 is 1.21 bits per heavy atom. The fourth-order valence-corrected chi connectivity index (χ4v) is 3.36. The van der Waals surface area contributed by atoms with Gasteiger partial charge in [0.25, 0.3) is 0 Å². The molecule has 1 aliphatic heterocycles. The summed E-state index contributed by atoms with van der Waals surface area (Å²) in [5.41, 5.74) is 0.646. The van der Waals surface area contributed by atoms with E-state index in [2.05, 4.69) is 4.98 Å². The summed E-state index contributed by atoms with van der Waals surface area (Å²) in [4.78, 5) is 29.6. The highest BCUT2D eigenvalue weighted by molar-refractivity contribution is 6.34. The van der Waals surface area contributed by atoms with E-state index in [1.54, 1.807) is 0 Å². The van der Waals surface area contributed by atoms with Gasteiger partial charge < -0.3 is 0 Å². The van der Waals surface area contributed by atoms with E-state index in [1.807, 2.05) is 0 Å². The van der Waals surface area contributed by atoms with E-state index >= 15 is 0 Å². The molecule has 0 N–H and O–H groups in total. The third-order valence-corrected chi connectivity index (χ3v) is 4.47. The molecule has 2 aliphatic rings. The van der Waals surface area contributed by atoms with Crippen molar-refractivity contribution >= 4 is 35.0 Å². The van der Waals surface area contributed by atoms with Crippen LogP contribution in [0.1, 0.15) is 24.8 Å². The number of amides is 2. The number of aromatic nitrogens is 1. The summed E-state index contributed by atoms with van der Waals surface area (Å²) in [5, 5.41) is 0.724. The summed E-state index contributed by atoms with van der Waals surface area (Å²) in [6.07, 6.45) is 4.11. The zero-order valence-electron chi connectivity index (χ0n) is 10.1. The molecule has 2 unspecified atom stereocenters. The summed E-state index contributed by atoms with van der Waals surface area (Å²) in [7, 11) is 0. The molecule has 100 valence electrons. The van der Waals surface area contributed by atoms with Crippen LogP contribution in [0.15, 0.2) is 12.3 Å². The fourth-order valence-electron chi connectivity index (χ4n) is 2.94. The lowest BCUT2D eigenvalue weighted by molar-refractivity contribution is -0.141. The minimum absolute atomic E-state index is 0.0708. The number of pyridine rings is 1. The minimum atomic E-state index is -0.119. The predicted molar refractivity (Wildman–Crippen MR) is 70.6 cm³/mol. The Labute approximate surface area is 120 Å². The number of hydrogen-bond donors (Lipinski definition) is 0. The van der Waals surface area contributed by atoms with Crippen molar-refractivity contribution in [2.24, 2.45) is 11.8 Å². The van der Waals surface area contributed by atoms with Gasteiger partial charge in [0.1, 0.15) is 5.15 Å². The zero-order chi connectivity index (χ0) is 13.6. The van der Waals surface area contributed by atoms with Crippen molar-refractivity contribution < 1.29 is 9.59 Å². The summed E-state index contributed by atoms with van der Waals surface area (Å²) in [6, 6.07) is 1.52. The Hall–Kier alpha value is -1.13. The molecule has 4 nitrogen and oxygen atoms in total. The third-order valence-electron chi connectivity index (χ3n) is 3.91. The van der Waals surface area contributed by atoms with E-state index in [-0.39, 0.29) is 30.2 Å². The highest BCUT2D eigenvalue weighted by atomic mass is 35.5. The molecule has 2 fully saturated rings. The Kier molecular flexibility index (Phi) is 3.23. The van der Waals surface area contributed by atoms with E-state index in [9.17, 15) is 9.59 Å². The van der Waals surface area contributed by atoms with Gasteiger partial charge in [-0.1, -0.05) is 29.6 Å². The fraction of sp³-hybridized carbons (Fsp3) is 0.462. The molecule has 1 saturated heterocycles. The van der Waals surface area contributed by atoms with E-state index in [1.165, 1.54) is 17.2 Å². The first kappa shape index (κ1) is 12.9. The molecule has 2 heterocycles. The Morgan fingerprint density at radius 3 is 2.42 bits per heavy atom. The normalized spacial score (nSPS) is 26.1. The van der Waals surface area contributed by atoms with Crippen molar-refractivity contribution in [1.82, 2.24) is 9.88 Å². The molecule has 3 rings (SSSR count). The highest BCUT2D eigenvalue weighted by Crippen LogP contribution is 2.40. The van der Waals surface area contributed by atoms with Crippen LogP contribution in [-0.2, 0) is 16.1 Å². The standard InChI is InChI=1S/C13H12Cl2N2O2/c14-10-4-11(15)16-5-7(10)6-17-12(18)8-2-1-3-9(8)13(17)19/h4-5,8-9H,1-3,6H2.